The van der Waals surface area contributed by atoms with Gasteiger partial charge in [-0.3, -0.25) is 14.4 Å². The molecule has 2 aromatic rings. The molecule has 132 valence electrons. The molecule has 0 radical (unpaired) electrons. The van der Waals surface area contributed by atoms with Gasteiger partial charge in [-0.2, -0.15) is 0 Å². The van der Waals surface area contributed by atoms with Crippen molar-refractivity contribution < 1.29 is 14.4 Å². The molecule has 0 spiro atoms. The van der Waals surface area contributed by atoms with Gasteiger partial charge in [-0.05, 0) is 29.1 Å². The van der Waals surface area contributed by atoms with Gasteiger partial charge in [-0.25, -0.2) is 0 Å². The summed E-state index contributed by atoms with van der Waals surface area (Å²) in [5.41, 5.74) is 1.55. The summed E-state index contributed by atoms with van der Waals surface area (Å²) in [7, 11) is 3.43. The number of carbonyl (C=O) groups excluding carboxylic acids is 3. The zero-order valence-corrected chi connectivity index (χ0v) is 15.1. The van der Waals surface area contributed by atoms with Crippen LogP contribution in [0.3, 0.4) is 0 Å². The molecule has 2 N–H and O–H groups in total. The number of benzene rings is 1. The number of nitrogens with zero attached hydrogens (tertiary/aromatic N) is 1. The lowest BCUT2D eigenvalue weighted by atomic mass is 10.1. The molecule has 25 heavy (non-hydrogen) atoms. The minimum atomic E-state index is -0.177. The summed E-state index contributed by atoms with van der Waals surface area (Å²) in [5, 5.41) is 7.31. The van der Waals surface area contributed by atoms with Crippen molar-refractivity contribution in [3.05, 3.63) is 52.2 Å². The third-order valence-corrected chi connectivity index (χ3v) is 4.34. The molecule has 1 aromatic heterocycles. The van der Waals surface area contributed by atoms with Gasteiger partial charge in [0.05, 0.1) is 11.3 Å². The van der Waals surface area contributed by atoms with Gasteiger partial charge in [-0.1, -0.05) is 18.2 Å². The monoisotopic (exact) mass is 359 g/mol. The largest absolute Gasteiger partial charge is 0.351 e. The Balaban J connectivity index is 1.75. The summed E-state index contributed by atoms with van der Waals surface area (Å²) in [6.45, 7) is 0.276. The summed E-state index contributed by atoms with van der Waals surface area (Å²) in [6.07, 6.45) is 0.522. The number of anilines is 1. The van der Waals surface area contributed by atoms with E-state index in [-0.39, 0.29) is 30.7 Å². The highest BCUT2D eigenvalue weighted by molar-refractivity contribution is 7.12. The van der Waals surface area contributed by atoms with Gasteiger partial charge in [0, 0.05) is 32.7 Å². The molecule has 0 atom stereocenters. The van der Waals surface area contributed by atoms with Gasteiger partial charge in [0.15, 0.2) is 0 Å². The Morgan fingerprint density at radius 1 is 1.08 bits per heavy atom. The molecule has 0 fully saturated rings. The van der Waals surface area contributed by atoms with E-state index in [0.717, 1.165) is 5.56 Å². The second-order valence-corrected chi connectivity index (χ2v) is 6.64. The number of thiophene rings is 1. The maximum absolute atomic E-state index is 11.9. The van der Waals surface area contributed by atoms with E-state index in [0.29, 0.717) is 17.0 Å². The molecule has 0 saturated heterocycles. The van der Waals surface area contributed by atoms with E-state index in [1.807, 2.05) is 23.6 Å². The predicted octanol–water partition coefficient (Wildman–Crippen LogP) is 2.14. The molecular weight excluding hydrogens is 338 g/mol. The molecule has 7 heteroatoms. The maximum atomic E-state index is 11.9. The van der Waals surface area contributed by atoms with E-state index in [9.17, 15) is 14.4 Å². The van der Waals surface area contributed by atoms with Crippen molar-refractivity contribution in [3.63, 3.8) is 0 Å². The quantitative estimate of drug-likeness (QED) is 0.795. The Labute approximate surface area is 150 Å². The Morgan fingerprint density at radius 3 is 2.40 bits per heavy atom. The van der Waals surface area contributed by atoms with Gasteiger partial charge < -0.3 is 15.5 Å². The Morgan fingerprint density at radius 2 is 1.80 bits per heavy atom. The Bertz CT molecular complexity index is 725. The van der Waals surface area contributed by atoms with Crippen LogP contribution in [-0.2, 0) is 16.0 Å². The van der Waals surface area contributed by atoms with Crippen LogP contribution in [0.25, 0.3) is 0 Å². The predicted molar refractivity (Wildman–Crippen MR) is 98.7 cm³/mol. The average molecular weight is 359 g/mol. The lowest BCUT2D eigenvalue weighted by Crippen LogP contribution is -2.27. The first-order chi connectivity index (χ1) is 12.0. The zero-order chi connectivity index (χ0) is 18.2. The summed E-state index contributed by atoms with van der Waals surface area (Å²) in [6, 6.07) is 10.7. The second-order valence-electron chi connectivity index (χ2n) is 5.69. The first-order valence-electron chi connectivity index (χ1n) is 7.86. The molecule has 0 bridgehead atoms. The van der Waals surface area contributed by atoms with Crippen molar-refractivity contribution in [1.82, 2.24) is 10.2 Å². The lowest BCUT2D eigenvalue weighted by molar-refractivity contribution is -0.128. The number of carbonyl (C=O) groups is 3. The number of nitrogens with one attached hydrogen (secondary N) is 2. The molecule has 2 rings (SSSR count). The van der Waals surface area contributed by atoms with Crippen molar-refractivity contribution in [2.75, 3.05) is 26.0 Å². The molecule has 0 unspecified atom stereocenters. The van der Waals surface area contributed by atoms with E-state index < -0.39 is 0 Å². The highest BCUT2D eigenvalue weighted by atomic mass is 32.1. The van der Waals surface area contributed by atoms with Gasteiger partial charge in [0.25, 0.3) is 5.91 Å². The van der Waals surface area contributed by atoms with Crippen LogP contribution in [0.15, 0.2) is 41.8 Å². The number of hydrogen-bond donors (Lipinski definition) is 2. The van der Waals surface area contributed by atoms with Crippen LogP contribution >= 0.6 is 11.3 Å². The van der Waals surface area contributed by atoms with Crippen LogP contribution in [-0.4, -0.2) is 43.3 Å². The number of hydrogen-bond acceptors (Lipinski definition) is 4. The van der Waals surface area contributed by atoms with Crippen molar-refractivity contribution in [3.8, 4) is 0 Å². The van der Waals surface area contributed by atoms with Gasteiger partial charge in [0.2, 0.25) is 11.8 Å². The van der Waals surface area contributed by atoms with E-state index in [4.69, 9.17) is 0 Å². The molecule has 0 saturated carbocycles. The van der Waals surface area contributed by atoms with Crippen molar-refractivity contribution in [2.24, 2.45) is 0 Å². The SMILES string of the molecule is CN(C)C(=O)Cc1ccc(NC(=O)CCNC(=O)c2cccs2)cc1. The van der Waals surface area contributed by atoms with Crippen LogP contribution in [0.1, 0.15) is 21.7 Å². The smallest absolute Gasteiger partial charge is 0.261 e. The zero-order valence-electron chi connectivity index (χ0n) is 14.2. The molecular formula is C18H21N3O3S. The average Bonchev–Trinajstić information content (AvgIpc) is 3.11. The summed E-state index contributed by atoms with van der Waals surface area (Å²) < 4.78 is 0. The Hall–Kier alpha value is -2.67. The molecule has 0 aliphatic carbocycles. The summed E-state index contributed by atoms with van der Waals surface area (Å²) >= 11 is 1.36. The summed E-state index contributed by atoms with van der Waals surface area (Å²) in [4.78, 5) is 37.5. The molecule has 0 aliphatic rings. The molecule has 1 heterocycles. The number of rotatable bonds is 7. The topological polar surface area (TPSA) is 78.5 Å². The van der Waals surface area contributed by atoms with Crippen LogP contribution in [0.5, 0.6) is 0 Å². The standard InChI is InChI=1S/C18H21N3O3S/c1-21(2)17(23)12-13-5-7-14(8-6-13)20-16(22)9-10-19-18(24)15-4-3-11-25-15/h3-8,11H,9-10,12H2,1-2H3,(H,19,24)(H,20,22). The van der Waals surface area contributed by atoms with E-state index in [1.54, 1.807) is 37.2 Å². The van der Waals surface area contributed by atoms with Crippen molar-refractivity contribution >= 4 is 34.7 Å². The lowest BCUT2D eigenvalue weighted by Gasteiger charge is -2.10. The molecule has 1 aromatic carbocycles. The number of likely N-dealkylation sites (N-methyl/N-ethyl adjacent to an activating group) is 1. The van der Waals surface area contributed by atoms with E-state index >= 15 is 0 Å². The highest BCUT2D eigenvalue weighted by Crippen LogP contribution is 2.11. The van der Waals surface area contributed by atoms with E-state index in [2.05, 4.69) is 10.6 Å². The number of amides is 3. The first kappa shape index (κ1) is 18.7. The first-order valence-corrected chi connectivity index (χ1v) is 8.74. The molecule has 0 aliphatic heterocycles. The summed E-state index contributed by atoms with van der Waals surface area (Å²) in [5.74, 6) is -0.320. The van der Waals surface area contributed by atoms with Crippen molar-refractivity contribution in [2.45, 2.75) is 12.8 Å². The molecule has 3 amide bonds. The van der Waals surface area contributed by atoms with E-state index in [1.165, 1.54) is 11.3 Å². The highest BCUT2D eigenvalue weighted by Gasteiger charge is 2.08. The fraction of sp³-hybridized carbons (Fsp3) is 0.278. The maximum Gasteiger partial charge on any atom is 0.261 e. The van der Waals surface area contributed by atoms with Crippen molar-refractivity contribution in [1.29, 1.82) is 0 Å². The van der Waals surface area contributed by atoms with Crippen LogP contribution in [0, 0.1) is 0 Å². The third-order valence-electron chi connectivity index (χ3n) is 3.47. The molecule has 6 nitrogen and oxygen atoms in total. The minimum absolute atomic E-state index is 0.0262. The normalized spacial score (nSPS) is 10.2. The fourth-order valence-electron chi connectivity index (χ4n) is 2.05. The second kappa shape index (κ2) is 8.98. The van der Waals surface area contributed by atoms with Gasteiger partial charge in [0.1, 0.15) is 0 Å². The van der Waals surface area contributed by atoms with Crippen LogP contribution in [0.2, 0.25) is 0 Å². The van der Waals surface area contributed by atoms with Crippen LogP contribution in [0.4, 0.5) is 5.69 Å². The third kappa shape index (κ3) is 6.04. The van der Waals surface area contributed by atoms with Crippen LogP contribution < -0.4 is 10.6 Å². The van der Waals surface area contributed by atoms with Gasteiger partial charge >= 0.3 is 0 Å². The fourth-order valence-corrected chi connectivity index (χ4v) is 2.69. The Kier molecular flexibility index (Phi) is 6.71. The van der Waals surface area contributed by atoms with Gasteiger partial charge in [-0.15, -0.1) is 11.3 Å². The minimum Gasteiger partial charge on any atom is -0.351 e.